The van der Waals surface area contributed by atoms with Crippen LogP contribution in [0.15, 0.2) is 29.2 Å². The number of benzene rings is 1. The lowest BCUT2D eigenvalue weighted by Crippen LogP contribution is -2.30. The second-order valence-corrected chi connectivity index (χ2v) is 8.77. The Kier molecular flexibility index (Phi) is 5.87. The summed E-state index contributed by atoms with van der Waals surface area (Å²) < 4.78 is 27.5. The topological polar surface area (TPSA) is 75.5 Å². The predicted octanol–water partition coefficient (Wildman–Crippen LogP) is 1.72. The SMILES string of the molecule is Cc1ccc(CN(C)C(=O)Cn2nc(C)c(S(=O)(=O)N(C)C)c2C)cc1. The Morgan fingerprint density at radius 3 is 2.19 bits per heavy atom. The normalized spacial score (nSPS) is 11.8. The summed E-state index contributed by atoms with van der Waals surface area (Å²) in [6, 6.07) is 7.99. The number of likely N-dealkylation sites (N-methyl/N-ethyl adjacent to an activating group) is 1. The van der Waals surface area contributed by atoms with Crippen molar-refractivity contribution in [2.24, 2.45) is 0 Å². The van der Waals surface area contributed by atoms with E-state index in [1.54, 1.807) is 25.8 Å². The Morgan fingerprint density at radius 2 is 1.65 bits per heavy atom. The van der Waals surface area contributed by atoms with Gasteiger partial charge in [0.25, 0.3) is 0 Å². The van der Waals surface area contributed by atoms with Gasteiger partial charge in [-0.3, -0.25) is 9.48 Å². The van der Waals surface area contributed by atoms with E-state index in [1.165, 1.54) is 24.3 Å². The molecule has 26 heavy (non-hydrogen) atoms. The summed E-state index contributed by atoms with van der Waals surface area (Å²) >= 11 is 0. The molecule has 1 aromatic carbocycles. The molecule has 1 heterocycles. The zero-order valence-corrected chi connectivity index (χ0v) is 17.0. The van der Waals surface area contributed by atoms with Crippen molar-refractivity contribution in [1.82, 2.24) is 19.0 Å². The van der Waals surface area contributed by atoms with Gasteiger partial charge >= 0.3 is 0 Å². The first kappa shape index (κ1) is 20.1. The van der Waals surface area contributed by atoms with Crippen molar-refractivity contribution in [1.29, 1.82) is 0 Å². The summed E-state index contributed by atoms with van der Waals surface area (Å²) in [6.45, 7) is 5.81. The van der Waals surface area contributed by atoms with Crippen molar-refractivity contribution in [2.75, 3.05) is 21.1 Å². The molecule has 0 bridgehead atoms. The third kappa shape index (κ3) is 4.13. The summed E-state index contributed by atoms with van der Waals surface area (Å²) in [4.78, 5) is 14.3. The van der Waals surface area contributed by atoms with Crippen LogP contribution in [0.1, 0.15) is 22.5 Å². The Bertz CT molecular complexity index is 899. The van der Waals surface area contributed by atoms with Crippen LogP contribution >= 0.6 is 0 Å². The summed E-state index contributed by atoms with van der Waals surface area (Å²) in [5, 5.41) is 4.26. The Labute approximate surface area is 155 Å². The molecule has 7 nitrogen and oxygen atoms in total. The number of hydrogen-bond acceptors (Lipinski definition) is 4. The van der Waals surface area contributed by atoms with Crippen molar-refractivity contribution in [3.05, 3.63) is 46.8 Å². The van der Waals surface area contributed by atoms with E-state index in [0.717, 1.165) is 9.87 Å². The van der Waals surface area contributed by atoms with E-state index < -0.39 is 10.0 Å². The molecule has 0 aliphatic carbocycles. The van der Waals surface area contributed by atoms with Gasteiger partial charge in [0.05, 0.1) is 11.4 Å². The van der Waals surface area contributed by atoms with Crippen molar-refractivity contribution >= 4 is 15.9 Å². The van der Waals surface area contributed by atoms with Crippen LogP contribution in [0, 0.1) is 20.8 Å². The van der Waals surface area contributed by atoms with E-state index in [9.17, 15) is 13.2 Å². The highest BCUT2D eigenvalue weighted by Gasteiger charge is 2.27. The van der Waals surface area contributed by atoms with Crippen LogP contribution in [0.2, 0.25) is 0 Å². The third-order valence-electron chi connectivity index (χ3n) is 4.30. The molecule has 0 radical (unpaired) electrons. The second kappa shape index (κ2) is 7.59. The number of aromatic nitrogens is 2. The highest BCUT2D eigenvalue weighted by Crippen LogP contribution is 2.22. The number of aryl methyl sites for hydroxylation is 2. The van der Waals surface area contributed by atoms with Crippen molar-refractivity contribution < 1.29 is 13.2 Å². The van der Waals surface area contributed by atoms with Crippen LogP contribution in [0.25, 0.3) is 0 Å². The summed E-state index contributed by atoms with van der Waals surface area (Å²) in [7, 11) is 1.08. The third-order valence-corrected chi connectivity index (χ3v) is 6.37. The van der Waals surface area contributed by atoms with Gasteiger partial charge in [-0.2, -0.15) is 5.10 Å². The largest absolute Gasteiger partial charge is 0.340 e. The molecule has 0 spiro atoms. The van der Waals surface area contributed by atoms with Gasteiger partial charge in [-0.1, -0.05) is 29.8 Å². The quantitative estimate of drug-likeness (QED) is 0.767. The first-order valence-electron chi connectivity index (χ1n) is 8.30. The molecule has 0 saturated heterocycles. The van der Waals surface area contributed by atoms with Crippen molar-refractivity contribution in [3.8, 4) is 0 Å². The molecule has 0 aliphatic heterocycles. The number of sulfonamides is 1. The van der Waals surface area contributed by atoms with Gasteiger partial charge in [0.1, 0.15) is 11.4 Å². The Morgan fingerprint density at radius 1 is 1.08 bits per heavy atom. The predicted molar refractivity (Wildman–Crippen MR) is 100 cm³/mol. The fourth-order valence-corrected chi connectivity index (χ4v) is 3.95. The fourth-order valence-electron chi connectivity index (χ4n) is 2.69. The number of carbonyl (C=O) groups is 1. The molecule has 0 N–H and O–H groups in total. The van der Waals surface area contributed by atoms with Crippen LogP contribution in [-0.4, -0.2) is 54.5 Å². The average Bonchev–Trinajstić information content (AvgIpc) is 2.83. The number of rotatable bonds is 6. The monoisotopic (exact) mass is 378 g/mol. The summed E-state index contributed by atoms with van der Waals surface area (Å²) in [5.41, 5.74) is 3.06. The molecular weight excluding hydrogens is 352 g/mol. The molecule has 8 heteroatoms. The van der Waals surface area contributed by atoms with E-state index in [4.69, 9.17) is 0 Å². The van der Waals surface area contributed by atoms with Gasteiger partial charge in [-0.15, -0.1) is 0 Å². The zero-order valence-electron chi connectivity index (χ0n) is 16.1. The number of nitrogens with zero attached hydrogens (tertiary/aromatic N) is 4. The zero-order chi connectivity index (χ0) is 19.6. The summed E-state index contributed by atoms with van der Waals surface area (Å²) in [5.74, 6) is -0.134. The first-order valence-corrected chi connectivity index (χ1v) is 9.74. The molecule has 0 unspecified atom stereocenters. The molecule has 2 rings (SSSR count). The Hall–Kier alpha value is -2.19. The highest BCUT2D eigenvalue weighted by atomic mass is 32.2. The molecule has 0 fully saturated rings. The highest BCUT2D eigenvalue weighted by molar-refractivity contribution is 7.89. The van der Waals surface area contributed by atoms with Gasteiger partial charge in [0, 0.05) is 27.7 Å². The van der Waals surface area contributed by atoms with E-state index >= 15 is 0 Å². The van der Waals surface area contributed by atoms with Crippen LogP contribution in [-0.2, 0) is 27.9 Å². The molecular formula is C18H26N4O3S. The number of carbonyl (C=O) groups excluding carboxylic acids is 1. The minimum atomic E-state index is -3.60. The van der Waals surface area contributed by atoms with Gasteiger partial charge in [-0.05, 0) is 26.3 Å². The van der Waals surface area contributed by atoms with Crippen LogP contribution in [0.3, 0.4) is 0 Å². The lowest BCUT2D eigenvalue weighted by molar-refractivity contribution is -0.131. The van der Waals surface area contributed by atoms with E-state index in [1.807, 2.05) is 31.2 Å². The van der Waals surface area contributed by atoms with Crippen molar-refractivity contribution in [2.45, 2.75) is 38.8 Å². The maximum atomic E-state index is 12.5. The molecule has 142 valence electrons. The minimum absolute atomic E-state index is 0.00200. The Balaban J connectivity index is 2.18. The summed E-state index contributed by atoms with van der Waals surface area (Å²) in [6.07, 6.45) is 0. The molecule has 1 amide bonds. The van der Waals surface area contributed by atoms with E-state index in [2.05, 4.69) is 5.10 Å². The van der Waals surface area contributed by atoms with Gasteiger partial charge < -0.3 is 4.90 Å². The molecule has 0 atom stereocenters. The van der Waals surface area contributed by atoms with Gasteiger partial charge in [-0.25, -0.2) is 12.7 Å². The lowest BCUT2D eigenvalue weighted by Gasteiger charge is -2.18. The maximum Gasteiger partial charge on any atom is 0.246 e. The van der Waals surface area contributed by atoms with Gasteiger partial charge in [0.15, 0.2) is 0 Å². The fraction of sp³-hybridized carbons (Fsp3) is 0.444. The smallest absolute Gasteiger partial charge is 0.246 e. The standard InChI is InChI=1S/C18H26N4O3S/c1-13-7-9-16(10-8-13)11-21(6)17(23)12-22-15(3)18(14(2)19-22)26(24,25)20(4)5/h7-10H,11-12H2,1-6H3. The van der Waals surface area contributed by atoms with E-state index in [-0.39, 0.29) is 17.3 Å². The lowest BCUT2D eigenvalue weighted by atomic mass is 10.1. The van der Waals surface area contributed by atoms with Crippen molar-refractivity contribution in [3.63, 3.8) is 0 Å². The van der Waals surface area contributed by atoms with E-state index in [0.29, 0.717) is 17.9 Å². The maximum absolute atomic E-state index is 12.5. The van der Waals surface area contributed by atoms with Gasteiger partial charge in [0.2, 0.25) is 15.9 Å². The molecule has 1 aromatic heterocycles. The molecule has 0 aliphatic rings. The number of hydrogen-bond donors (Lipinski definition) is 0. The van der Waals surface area contributed by atoms with Crippen LogP contribution < -0.4 is 0 Å². The van der Waals surface area contributed by atoms with Crippen LogP contribution in [0.4, 0.5) is 0 Å². The average molecular weight is 378 g/mol. The number of amides is 1. The first-order chi connectivity index (χ1) is 12.0. The molecule has 2 aromatic rings. The minimum Gasteiger partial charge on any atom is -0.340 e. The second-order valence-electron chi connectivity index (χ2n) is 6.68. The molecule has 0 saturated carbocycles. The van der Waals surface area contributed by atoms with Crippen LogP contribution in [0.5, 0.6) is 0 Å².